The van der Waals surface area contributed by atoms with Crippen molar-refractivity contribution in [2.24, 2.45) is 4.99 Å². The van der Waals surface area contributed by atoms with Gasteiger partial charge < -0.3 is 20.1 Å². The van der Waals surface area contributed by atoms with E-state index in [2.05, 4.69) is 15.6 Å². The number of hydrogen-bond acceptors (Lipinski definition) is 7. The van der Waals surface area contributed by atoms with Gasteiger partial charge in [-0.25, -0.2) is 9.59 Å². The first-order valence-corrected chi connectivity index (χ1v) is 7.90. The Morgan fingerprint density at radius 2 is 2.19 bits per heavy atom. The minimum Gasteiger partial charge on any atom is -0.467 e. The molecule has 7 nitrogen and oxygen atoms in total. The Kier molecular flexibility index (Phi) is 6.32. The maximum Gasteiger partial charge on any atom is 0.408 e. The van der Waals surface area contributed by atoms with Crippen molar-refractivity contribution in [3.8, 4) is 0 Å². The van der Waals surface area contributed by atoms with Crippen molar-refractivity contribution in [1.82, 2.24) is 10.6 Å². The molecule has 8 heteroatoms. The number of nitrogens with zero attached hydrogens (tertiary/aromatic N) is 1. The number of nitrogens with one attached hydrogen (secondary N) is 2. The van der Waals surface area contributed by atoms with Crippen LogP contribution in [0.25, 0.3) is 0 Å². The molecule has 1 amide bonds. The molecule has 0 saturated heterocycles. The molecule has 1 heterocycles. The highest BCUT2D eigenvalue weighted by Gasteiger charge is 2.29. The Labute approximate surface area is 129 Å². The smallest absolute Gasteiger partial charge is 0.408 e. The van der Waals surface area contributed by atoms with Gasteiger partial charge in [-0.3, -0.25) is 4.99 Å². The fourth-order valence-electron chi connectivity index (χ4n) is 1.81. The van der Waals surface area contributed by atoms with Gasteiger partial charge in [-0.2, -0.15) is 0 Å². The van der Waals surface area contributed by atoms with Crippen molar-refractivity contribution in [2.75, 3.05) is 19.9 Å². The van der Waals surface area contributed by atoms with E-state index in [9.17, 15) is 9.59 Å². The van der Waals surface area contributed by atoms with E-state index in [1.165, 1.54) is 18.9 Å². The summed E-state index contributed by atoms with van der Waals surface area (Å²) in [7, 11) is 1.29. The van der Waals surface area contributed by atoms with Gasteiger partial charge in [-0.15, -0.1) is 0 Å². The topological polar surface area (TPSA) is 89.0 Å². The van der Waals surface area contributed by atoms with Crippen LogP contribution in [0.3, 0.4) is 0 Å². The number of ether oxygens (including phenoxy) is 2. The first-order chi connectivity index (χ1) is 9.75. The standard InChI is InChI=1S/C13H23N3O4S/c1-13(2,3)20-12(18)16-9(10(17)19-4)6-8-7-14-11(15-8)21-5/h8-9H,6-7H2,1-5H3,(H,14,15)(H,16,18)/t8?,9-/m0/s1. The van der Waals surface area contributed by atoms with Gasteiger partial charge in [0.15, 0.2) is 5.17 Å². The third kappa shape index (κ3) is 6.24. The molecule has 1 aliphatic heterocycles. The molecule has 2 atom stereocenters. The number of aliphatic imine (C=N–C) groups is 1. The average molecular weight is 317 g/mol. The molecule has 0 fully saturated rings. The fourth-order valence-corrected chi connectivity index (χ4v) is 2.29. The lowest BCUT2D eigenvalue weighted by Crippen LogP contribution is -2.47. The van der Waals surface area contributed by atoms with Crippen LogP contribution in [-0.4, -0.2) is 54.8 Å². The van der Waals surface area contributed by atoms with Crippen LogP contribution in [0.1, 0.15) is 27.2 Å². The van der Waals surface area contributed by atoms with Crippen LogP contribution in [0.5, 0.6) is 0 Å². The number of rotatable bonds is 4. The minimum absolute atomic E-state index is 0.00788. The van der Waals surface area contributed by atoms with E-state index < -0.39 is 23.7 Å². The van der Waals surface area contributed by atoms with Gasteiger partial charge >= 0.3 is 12.1 Å². The zero-order chi connectivity index (χ0) is 16.0. The second kappa shape index (κ2) is 7.53. The minimum atomic E-state index is -0.765. The van der Waals surface area contributed by atoms with Gasteiger partial charge in [0.2, 0.25) is 0 Å². The molecule has 21 heavy (non-hydrogen) atoms. The summed E-state index contributed by atoms with van der Waals surface area (Å²) in [5.41, 5.74) is -0.620. The Balaban J connectivity index is 2.57. The summed E-state index contributed by atoms with van der Waals surface area (Å²) in [4.78, 5) is 27.9. The predicted octanol–water partition coefficient (Wildman–Crippen LogP) is 1.13. The zero-order valence-electron chi connectivity index (χ0n) is 13.1. The van der Waals surface area contributed by atoms with Gasteiger partial charge in [0.1, 0.15) is 11.6 Å². The number of carbonyl (C=O) groups is 2. The molecule has 0 aliphatic carbocycles. The number of amides is 1. The van der Waals surface area contributed by atoms with Crippen molar-refractivity contribution < 1.29 is 19.1 Å². The fraction of sp³-hybridized carbons (Fsp3) is 0.769. The van der Waals surface area contributed by atoms with Crippen molar-refractivity contribution in [2.45, 2.75) is 44.9 Å². The summed E-state index contributed by atoms with van der Waals surface area (Å²) in [6.07, 6.45) is 1.67. The van der Waals surface area contributed by atoms with E-state index >= 15 is 0 Å². The lowest BCUT2D eigenvalue weighted by atomic mass is 10.1. The van der Waals surface area contributed by atoms with Crippen LogP contribution < -0.4 is 10.6 Å². The lowest BCUT2D eigenvalue weighted by Gasteiger charge is -2.24. The lowest BCUT2D eigenvalue weighted by molar-refractivity contribution is -0.143. The molecule has 0 saturated carbocycles. The van der Waals surface area contributed by atoms with E-state index in [1.54, 1.807) is 20.8 Å². The Hall–Kier alpha value is -1.44. The molecule has 0 aromatic heterocycles. The third-order valence-corrected chi connectivity index (χ3v) is 3.31. The quantitative estimate of drug-likeness (QED) is 0.756. The Morgan fingerprint density at radius 1 is 1.52 bits per heavy atom. The number of hydrogen-bond donors (Lipinski definition) is 2. The second-order valence-corrected chi connectivity index (χ2v) is 6.44. The number of methoxy groups -OCH3 is 1. The largest absolute Gasteiger partial charge is 0.467 e. The summed E-state index contributed by atoms with van der Waals surface area (Å²) in [5, 5.41) is 6.57. The monoisotopic (exact) mass is 317 g/mol. The first kappa shape index (κ1) is 17.6. The number of carbonyl (C=O) groups excluding carboxylic acids is 2. The Morgan fingerprint density at radius 3 is 2.67 bits per heavy atom. The molecular weight excluding hydrogens is 294 g/mol. The molecule has 0 aromatic rings. The molecule has 2 N–H and O–H groups in total. The molecule has 1 rings (SSSR count). The maximum atomic E-state index is 11.8. The summed E-state index contributed by atoms with van der Waals surface area (Å²) >= 11 is 1.51. The highest BCUT2D eigenvalue weighted by Crippen LogP contribution is 2.12. The SMILES string of the molecule is COC(=O)[C@H](CC1CN=C(SC)N1)NC(=O)OC(C)(C)C. The molecule has 0 radical (unpaired) electrons. The van der Waals surface area contributed by atoms with Crippen molar-refractivity contribution in [1.29, 1.82) is 0 Å². The normalized spacial score (nSPS) is 19.3. The third-order valence-electron chi connectivity index (χ3n) is 2.67. The van der Waals surface area contributed by atoms with Gasteiger partial charge in [-0.05, 0) is 27.0 Å². The number of alkyl carbamates (subject to hydrolysis) is 1. The van der Waals surface area contributed by atoms with Crippen molar-refractivity contribution in [3.05, 3.63) is 0 Å². The summed E-state index contributed by atoms with van der Waals surface area (Å²) in [6, 6.07) is -0.773. The highest BCUT2D eigenvalue weighted by atomic mass is 32.2. The molecule has 0 bridgehead atoms. The van der Waals surface area contributed by atoms with E-state index in [0.29, 0.717) is 13.0 Å². The predicted molar refractivity (Wildman–Crippen MR) is 82.5 cm³/mol. The molecule has 120 valence electrons. The van der Waals surface area contributed by atoms with Gasteiger partial charge in [-0.1, -0.05) is 11.8 Å². The van der Waals surface area contributed by atoms with Crippen LogP contribution in [0.2, 0.25) is 0 Å². The van der Waals surface area contributed by atoms with Crippen LogP contribution >= 0.6 is 11.8 Å². The van der Waals surface area contributed by atoms with Gasteiger partial charge in [0, 0.05) is 6.42 Å². The van der Waals surface area contributed by atoms with Gasteiger partial charge in [0.25, 0.3) is 0 Å². The van der Waals surface area contributed by atoms with Crippen molar-refractivity contribution >= 4 is 29.0 Å². The van der Waals surface area contributed by atoms with Crippen molar-refractivity contribution in [3.63, 3.8) is 0 Å². The van der Waals surface area contributed by atoms with E-state index in [4.69, 9.17) is 9.47 Å². The molecule has 0 spiro atoms. The van der Waals surface area contributed by atoms with E-state index in [0.717, 1.165) is 5.17 Å². The zero-order valence-corrected chi connectivity index (χ0v) is 13.9. The number of esters is 1. The number of thioether (sulfide) groups is 1. The first-order valence-electron chi connectivity index (χ1n) is 6.67. The van der Waals surface area contributed by atoms with E-state index in [1.807, 2.05) is 6.26 Å². The summed E-state index contributed by atoms with van der Waals surface area (Å²) in [6.45, 7) is 5.85. The van der Waals surface area contributed by atoms with Crippen LogP contribution in [-0.2, 0) is 14.3 Å². The molecule has 1 aliphatic rings. The molecular formula is C13H23N3O4S. The number of amidine groups is 1. The highest BCUT2D eigenvalue weighted by molar-refractivity contribution is 8.13. The van der Waals surface area contributed by atoms with E-state index in [-0.39, 0.29) is 6.04 Å². The second-order valence-electron chi connectivity index (χ2n) is 5.65. The summed E-state index contributed by atoms with van der Waals surface area (Å²) in [5.74, 6) is -0.500. The average Bonchev–Trinajstić information content (AvgIpc) is 2.82. The Bertz CT molecular complexity index is 420. The maximum absolute atomic E-state index is 11.8. The van der Waals surface area contributed by atoms with Crippen LogP contribution in [0, 0.1) is 0 Å². The van der Waals surface area contributed by atoms with Crippen LogP contribution in [0.15, 0.2) is 4.99 Å². The summed E-state index contributed by atoms with van der Waals surface area (Å²) < 4.78 is 9.89. The van der Waals surface area contributed by atoms with Gasteiger partial charge in [0.05, 0.1) is 19.7 Å². The molecule has 0 aromatic carbocycles. The van der Waals surface area contributed by atoms with Crippen LogP contribution in [0.4, 0.5) is 4.79 Å². The molecule has 1 unspecified atom stereocenters.